The number of aromatic amines is 1. The van der Waals surface area contributed by atoms with E-state index in [-0.39, 0.29) is 0 Å². The number of hydrogen-bond acceptors (Lipinski definition) is 5. The summed E-state index contributed by atoms with van der Waals surface area (Å²) >= 11 is 3.16. The van der Waals surface area contributed by atoms with Crippen molar-refractivity contribution in [3.05, 3.63) is 40.3 Å². The second-order valence-corrected chi connectivity index (χ2v) is 5.95. The van der Waals surface area contributed by atoms with Crippen LogP contribution in [0.5, 0.6) is 0 Å². The van der Waals surface area contributed by atoms with Crippen molar-refractivity contribution in [1.82, 2.24) is 9.97 Å². The van der Waals surface area contributed by atoms with Crippen LogP contribution in [0.25, 0.3) is 10.9 Å². The third-order valence-electron chi connectivity index (χ3n) is 2.93. The first-order chi connectivity index (χ1) is 9.81. The largest absolute Gasteiger partial charge is 0.358 e. The van der Waals surface area contributed by atoms with E-state index in [1.807, 2.05) is 23.6 Å². The molecule has 6 heteroatoms. The summed E-state index contributed by atoms with van der Waals surface area (Å²) in [6.07, 6.45) is 2.70. The predicted molar refractivity (Wildman–Crippen MR) is 84.0 cm³/mol. The van der Waals surface area contributed by atoms with Gasteiger partial charge in [-0.2, -0.15) is 5.26 Å². The lowest BCUT2D eigenvalue weighted by atomic mass is 10.2. The number of fused-ring (bicyclic) bond motifs is 1. The van der Waals surface area contributed by atoms with Crippen molar-refractivity contribution >= 4 is 39.9 Å². The smallest absolute Gasteiger partial charge is 0.128 e. The zero-order valence-electron chi connectivity index (χ0n) is 10.8. The first-order valence-corrected chi connectivity index (χ1v) is 7.89. The Morgan fingerprint density at radius 3 is 3.15 bits per heavy atom. The van der Waals surface area contributed by atoms with Crippen molar-refractivity contribution < 1.29 is 0 Å². The summed E-state index contributed by atoms with van der Waals surface area (Å²) in [6, 6.07) is 8.06. The fraction of sp³-hybridized carbons (Fsp3) is 0.143. The zero-order chi connectivity index (χ0) is 13.9. The van der Waals surface area contributed by atoms with Crippen LogP contribution in [0.4, 0.5) is 5.69 Å². The number of benzene rings is 1. The van der Waals surface area contributed by atoms with E-state index in [0.29, 0.717) is 5.56 Å². The summed E-state index contributed by atoms with van der Waals surface area (Å²) in [5, 5.41) is 14.1. The Kier molecular flexibility index (Phi) is 3.63. The van der Waals surface area contributed by atoms with Gasteiger partial charge in [0.2, 0.25) is 0 Å². The maximum Gasteiger partial charge on any atom is 0.128 e. The fourth-order valence-electron chi connectivity index (χ4n) is 1.94. The van der Waals surface area contributed by atoms with Crippen LogP contribution in [0, 0.1) is 11.3 Å². The molecule has 0 radical (unpaired) electrons. The Labute approximate surface area is 125 Å². The van der Waals surface area contributed by atoms with Gasteiger partial charge in [-0.3, -0.25) is 0 Å². The third kappa shape index (κ3) is 2.38. The maximum absolute atomic E-state index is 9.05. The Morgan fingerprint density at radius 1 is 1.50 bits per heavy atom. The summed E-state index contributed by atoms with van der Waals surface area (Å²) in [5.41, 5.74) is 2.57. The molecule has 0 spiro atoms. The Hall–Kier alpha value is -1.97. The molecule has 0 atom stereocenters. The molecular formula is C14H12N4S2. The van der Waals surface area contributed by atoms with Crippen molar-refractivity contribution in [1.29, 1.82) is 5.26 Å². The average Bonchev–Trinajstić information content (AvgIpc) is 3.11. The van der Waals surface area contributed by atoms with Gasteiger partial charge < -0.3 is 9.71 Å². The molecule has 0 bridgehead atoms. The molecule has 2 heterocycles. The first kappa shape index (κ1) is 13.0. The molecule has 2 aromatic heterocycles. The van der Waals surface area contributed by atoms with Gasteiger partial charge in [-0.05, 0) is 12.5 Å². The molecule has 4 nitrogen and oxygen atoms in total. The number of hydrogen-bond donors (Lipinski definition) is 2. The van der Waals surface area contributed by atoms with Gasteiger partial charge in [0.25, 0.3) is 0 Å². The van der Waals surface area contributed by atoms with Gasteiger partial charge in [-0.25, -0.2) is 4.98 Å². The normalized spacial score (nSPS) is 10.6. The van der Waals surface area contributed by atoms with E-state index in [9.17, 15) is 0 Å². The molecule has 0 amide bonds. The van der Waals surface area contributed by atoms with Crippen molar-refractivity contribution in [2.75, 3.05) is 4.72 Å². The molecule has 100 valence electrons. The van der Waals surface area contributed by atoms with Gasteiger partial charge in [0, 0.05) is 28.9 Å². The molecule has 1 aromatic carbocycles. The highest BCUT2D eigenvalue weighted by Crippen LogP contribution is 2.29. The summed E-state index contributed by atoms with van der Waals surface area (Å²) in [7, 11) is 0. The molecule has 20 heavy (non-hydrogen) atoms. The average molecular weight is 300 g/mol. The number of nitrogens with one attached hydrogen (secondary N) is 2. The van der Waals surface area contributed by atoms with Crippen LogP contribution < -0.4 is 4.72 Å². The van der Waals surface area contributed by atoms with E-state index in [1.165, 1.54) is 11.9 Å². The number of thiazole rings is 1. The van der Waals surface area contributed by atoms with E-state index in [1.54, 1.807) is 17.5 Å². The highest BCUT2D eigenvalue weighted by Gasteiger charge is 2.08. The van der Waals surface area contributed by atoms with E-state index in [0.717, 1.165) is 33.0 Å². The summed E-state index contributed by atoms with van der Waals surface area (Å²) in [4.78, 5) is 7.65. The summed E-state index contributed by atoms with van der Waals surface area (Å²) < 4.78 is 3.30. The maximum atomic E-state index is 9.05. The van der Waals surface area contributed by atoms with Gasteiger partial charge in [0.15, 0.2) is 0 Å². The Balaban J connectivity index is 1.84. The molecule has 0 fully saturated rings. The van der Waals surface area contributed by atoms with E-state index in [2.05, 4.69) is 27.7 Å². The molecule has 0 aliphatic rings. The minimum atomic E-state index is 0.663. The number of H-pyrrole nitrogens is 1. The van der Waals surface area contributed by atoms with Crippen LogP contribution in [0.2, 0.25) is 0 Å². The third-order valence-corrected chi connectivity index (χ3v) is 4.82. The molecule has 0 saturated carbocycles. The van der Waals surface area contributed by atoms with Crippen LogP contribution in [-0.2, 0) is 6.42 Å². The standard InChI is InChI=1S/C14H12N4S2/c1-2-12-17-13(8-19-12)20-18-11-5-3-4-10-9(6-15)7-16-14(10)11/h3-5,7-8,16,18H,2H2,1H3. The van der Waals surface area contributed by atoms with Crippen molar-refractivity contribution in [3.8, 4) is 6.07 Å². The highest BCUT2D eigenvalue weighted by molar-refractivity contribution is 8.00. The number of nitriles is 1. The van der Waals surface area contributed by atoms with Crippen molar-refractivity contribution in [3.63, 3.8) is 0 Å². The van der Waals surface area contributed by atoms with Crippen LogP contribution in [0.1, 0.15) is 17.5 Å². The van der Waals surface area contributed by atoms with Crippen molar-refractivity contribution in [2.45, 2.75) is 18.4 Å². The minimum absolute atomic E-state index is 0.663. The van der Waals surface area contributed by atoms with Crippen molar-refractivity contribution in [2.24, 2.45) is 0 Å². The van der Waals surface area contributed by atoms with Gasteiger partial charge >= 0.3 is 0 Å². The Bertz CT molecular complexity index is 782. The van der Waals surface area contributed by atoms with Gasteiger partial charge in [0.05, 0.1) is 21.8 Å². The minimum Gasteiger partial charge on any atom is -0.358 e. The predicted octanol–water partition coefficient (Wildman–Crippen LogP) is 4.18. The lowest BCUT2D eigenvalue weighted by Crippen LogP contribution is -1.88. The Morgan fingerprint density at radius 2 is 2.40 bits per heavy atom. The molecule has 3 aromatic rings. The number of rotatable bonds is 4. The second-order valence-electron chi connectivity index (χ2n) is 4.18. The molecule has 3 rings (SSSR count). The number of nitrogens with zero attached hydrogens (tertiary/aromatic N) is 2. The van der Waals surface area contributed by atoms with Gasteiger partial charge in [-0.1, -0.05) is 19.1 Å². The molecule has 0 aliphatic heterocycles. The fourth-order valence-corrected chi connectivity index (χ4v) is 3.48. The molecule has 0 aliphatic carbocycles. The van der Waals surface area contributed by atoms with E-state index in [4.69, 9.17) is 5.26 Å². The topological polar surface area (TPSA) is 64.5 Å². The van der Waals surface area contributed by atoms with E-state index >= 15 is 0 Å². The molecule has 0 saturated heterocycles. The SMILES string of the molecule is CCc1nc(SNc2cccc3c(C#N)c[nH]c23)cs1. The number of aromatic nitrogens is 2. The first-order valence-electron chi connectivity index (χ1n) is 6.19. The van der Waals surface area contributed by atoms with Gasteiger partial charge in [-0.15, -0.1) is 11.3 Å². The molecule has 0 unspecified atom stereocenters. The zero-order valence-corrected chi connectivity index (χ0v) is 12.4. The monoisotopic (exact) mass is 300 g/mol. The van der Waals surface area contributed by atoms with Crippen LogP contribution in [0.3, 0.4) is 0 Å². The lowest BCUT2D eigenvalue weighted by Gasteiger charge is -2.04. The van der Waals surface area contributed by atoms with E-state index < -0.39 is 0 Å². The quantitative estimate of drug-likeness (QED) is 0.709. The summed E-state index contributed by atoms with van der Waals surface area (Å²) in [5.74, 6) is 0. The van der Waals surface area contributed by atoms with Crippen LogP contribution >= 0.6 is 23.3 Å². The number of para-hydroxylation sites is 1. The van der Waals surface area contributed by atoms with Gasteiger partial charge in [0.1, 0.15) is 11.1 Å². The number of anilines is 1. The van der Waals surface area contributed by atoms with Crippen LogP contribution in [0.15, 0.2) is 34.8 Å². The summed E-state index contributed by atoms with van der Waals surface area (Å²) in [6.45, 7) is 2.10. The lowest BCUT2D eigenvalue weighted by molar-refractivity contribution is 1.04. The molecular weight excluding hydrogens is 288 g/mol. The molecule has 2 N–H and O–H groups in total. The number of aryl methyl sites for hydroxylation is 1. The highest BCUT2D eigenvalue weighted by atomic mass is 32.2. The van der Waals surface area contributed by atoms with Crippen LogP contribution in [-0.4, -0.2) is 9.97 Å². The second kappa shape index (κ2) is 5.57.